The lowest BCUT2D eigenvalue weighted by Gasteiger charge is -2.13. The van der Waals surface area contributed by atoms with Crippen LogP contribution in [0.5, 0.6) is 11.5 Å². The van der Waals surface area contributed by atoms with Crippen LogP contribution in [0.25, 0.3) is 0 Å². The number of benzene rings is 2. The summed E-state index contributed by atoms with van der Waals surface area (Å²) in [5.74, 6) is -0.718. The van der Waals surface area contributed by atoms with E-state index in [2.05, 4.69) is 0 Å². The number of hydrogen-bond donors (Lipinski definition) is 1. The molecule has 0 bridgehead atoms. The van der Waals surface area contributed by atoms with Crippen LogP contribution in [0.4, 0.5) is 8.78 Å². The van der Waals surface area contributed by atoms with E-state index in [1.54, 1.807) is 7.11 Å². The van der Waals surface area contributed by atoms with Gasteiger partial charge >= 0.3 is 0 Å². The van der Waals surface area contributed by atoms with Crippen molar-refractivity contribution in [1.82, 2.24) is 0 Å². The first-order chi connectivity index (χ1) is 10.5. The molecule has 0 aliphatic carbocycles. The predicted molar refractivity (Wildman–Crippen MR) is 81.0 cm³/mol. The molecule has 1 atom stereocenters. The Bertz CT molecular complexity index is 645. The molecule has 22 heavy (non-hydrogen) atoms. The highest BCUT2D eigenvalue weighted by atomic mass is 19.1. The molecule has 118 valence electrons. The Balaban J connectivity index is 2.16. The molecule has 1 unspecified atom stereocenters. The van der Waals surface area contributed by atoms with Gasteiger partial charge in [-0.1, -0.05) is 6.07 Å². The van der Waals surface area contributed by atoms with Gasteiger partial charge in [-0.2, -0.15) is 0 Å². The van der Waals surface area contributed by atoms with E-state index in [4.69, 9.17) is 15.2 Å². The zero-order valence-electron chi connectivity index (χ0n) is 12.6. The molecule has 0 fully saturated rings. The van der Waals surface area contributed by atoms with Crippen LogP contribution in [0.3, 0.4) is 0 Å². The van der Waals surface area contributed by atoms with Gasteiger partial charge in [-0.15, -0.1) is 0 Å². The van der Waals surface area contributed by atoms with Crippen LogP contribution in [0.15, 0.2) is 36.4 Å². The lowest BCUT2D eigenvalue weighted by Crippen LogP contribution is -2.17. The Morgan fingerprint density at radius 3 is 2.45 bits per heavy atom. The highest BCUT2D eigenvalue weighted by Crippen LogP contribution is 2.24. The number of rotatable bonds is 6. The molecule has 2 N–H and O–H groups in total. The summed E-state index contributed by atoms with van der Waals surface area (Å²) in [6, 6.07) is 8.94. The van der Waals surface area contributed by atoms with Gasteiger partial charge in [0.1, 0.15) is 18.2 Å². The SMILES string of the molecule is COc1ccc(CC(C)N)cc1COc1ccc(F)cc1F. The molecule has 0 saturated carbocycles. The maximum atomic E-state index is 13.6. The molecule has 2 aromatic carbocycles. The normalized spacial score (nSPS) is 12.0. The average molecular weight is 307 g/mol. The summed E-state index contributed by atoms with van der Waals surface area (Å²) in [5, 5.41) is 0. The molecule has 0 aliphatic rings. The van der Waals surface area contributed by atoms with Crippen molar-refractivity contribution in [3.05, 3.63) is 59.2 Å². The summed E-state index contributed by atoms with van der Waals surface area (Å²) in [6.07, 6.45) is 0.724. The van der Waals surface area contributed by atoms with Crippen molar-refractivity contribution in [3.8, 4) is 11.5 Å². The number of methoxy groups -OCH3 is 1. The Kier molecular flexibility index (Phi) is 5.33. The van der Waals surface area contributed by atoms with Crippen molar-refractivity contribution in [2.45, 2.75) is 26.0 Å². The molecule has 2 aromatic rings. The third kappa shape index (κ3) is 4.18. The number of halogens is 2. The topological polar surface area (TPSA) is 44.5 Å². The zero-order valence-corrected chi connectivity index (χ0v) is 12.6. The van der Waals surface area contributed by atoms with Crippen LogP contribution >= 0.6 is 0 Å². The van der Waals surface area contributed by atoms with Crippen LogP contribution < -0.4 is 15.2 Å². The Morgan fingerprint density at radius 1 is 1.09 bits per heavy atom. The first-order valence-electron chi connectivity index (χ1n) is 6.99. The standard InChI is InChI=1S/C17H19F2NO2/c1-11(20)7-12-3-5-16(21-2)13(8-12)10-22-17-6-4-14(18)9-15(17)19/h3-6,8-9,11H,7,10,20H2,1-2H3. The molecule has 0 aromatic heterocycles. The van der Waals surface area contributed by atoms with Crippen molar-refractivity contribution in [2.24, 2.45) is 5.73 Å². The van der Waals surface area contributed by atoms with Crippen LogP contribution in [0.1, 0.15) is 18.1 Å². The minimum atomic E-state index is -0.731. The Labute approximate surface area is 128 Å². The van der Waals surface area contributed by atoms with Gasteiger partial charge in [-0.05, 0) is 43.2 Å². The molecule has 0 amide bonds. The van der Waals surface area contributed by atoms with Gasteiger partial charge in [-0.25, -0.2) is 8.78 Å². The zero-order chi connectivity index (χ0) is 16.1. The molecular formula is C17H19F2NO2. The van der Waals surface area contributed by atoms with E-state index >= 15 is 0 Å². The monoisotopic (exact) mass is 307 g/mol. The summed E-state index contributed by atoms with van der Waals surface area (Å²) < 4.78 is 37.2. The van der Waals surface area contributed by atoms with Crippen molar-refractivity contribution in [1.29, 1.82) is 0 Å². The van der Waals surface area contributed by atoms with Crippen LogP contribution in [0.2, 0.25) is 0 Å². The minimum Gasteiger partial charge on any atom is -0.496 e. The van der Waals surface area contributed by atoms with E-state index in [0.29, 0.717) is 5.75 Å². The van der Waals surface area contributed by atoms with Crippen molar-refractivity contribution >= 4 is 0 Å². The summed E-state index contributed by atoms with van der Waals surface area (Å²) in [6.45, 7) is 2.05. The summed E-state index contributed by atoms with van der Waals surface area (Å²) in [7, 11) is 1.56. The lowest BCUT2D eigenvalue weighted by atomic mass is 10.0. The van der Waals surface area contributed by atoms with Crippen LogP contribution in [-0.4, -0.2) is 13.2 Å². The van der Waals surface area contributed by atoms with Crippen LogP contribution in [0, 0.1) is 11.6 Å². The fourth-order valence-electron chi connectivity index (χ4n) is 2.19. The maximum Gasteiger partial charge on any atom is 0.167 e. The second kappa shape index (κ2) is 7.22. The van der Waals surface area contributed by atoms with Crippen LogP contribution in [-0.2, 0) is 13.0 Å². The second-order valence-corrected chi connectivity index (χ2v) is 5.19. The molecule has 0 aliphatic heterocycles. The van der Waals surface area contributed by atoms with Gasteiger partial charge in [0.25, 0.3) is 0 Å². The van der Waals surface area contributed by atoms with Crippen molar-refractivity contribution < 1.29 is 18.3 Å². The van der Waals surface area contributed by atoms with E-state index in [9.17, 15) is 8.78 Å². The van der Waals surface area contributed by atoms with Gasteiger partial charge in [0.05, 0.1) is 7.11 Å². The van der Waals surface area contributed by atoms with E-state index < -0.39 is 11.6 Å². The number of ether oxygens (including phenoxy) is 2. The summed E-state index contributed by atoms with van der Waals surface area (Å²) >= 11 is 0. The molecular weight excluding hydrogens is 288 g/mol. The fraction of sp³-hybridized carbons (Fsp3) is 0.294. The van der Waals surface area contributed by atoms with Gasteiger partial charge in [0, 0.05) is 17.7 Å². The van der Waals surface area contributed by atoms with Gasteiger partial charge in [0.2, 0.25) is 0 Å². The molecule has 0 saturated heterocycles. The Morgan fingerprint density at radius 2 is 1.82 bits per heavy atom. The quantitative estimate of drug-likeness (QED) is 0.889. The van der Waals surface area contributed by atoms with E-state index in [1.807, 2.05) is 25.1 Å². The van der Waals surface area contributed by atoms with Gasteiger partial charge in [0.15, 0.2) is 11.6 Å². The lowest BCUT2D eigenvalue weighted by molar-refractivity contribution is 0.281. The highest BCUT2D eigenvalue weighted by molar-refractivity contribution is 5.38. The smallest absolute Gasteiger partial charge is 0.167 e. The second-order valence-electron chi connectivity index (χ2n) is 5.19. The minimum absolute atomic E-state index is 0.000971. The maximum absolute atomic E-state index is 13.6. The third-order valence-electron chi connectivity index (χ3n) is 3.18. The number of nitrogens with two attached hydrogens (primary N) is 1. The largest absolute Gasteiger partial charge is 0.496 e. The number of hydrogen-bond acceptors (Lipinski definition) is 3. The van der Waals surface area contributed by atoms with Gasteiger partial charge < -0.3 is 15.2 Å². The molecule has 0 spiro atoms. The van der Waals surface area contributed by atoms with Crippen molar-refractivity contribution in [2.75, 3.05) is 7.11 Å². The molecule has 2 rings (SSSR count). The summed E-state index contributed by atoms with van der Waals surface area (Å²) in [5.41, 5.74) is 7.63. The van der Waals surface area contributed by atoms with E-state index in [0.717, 1.165) is 29.7 Å². The predicted octanol–water partition coefficient (Wildman–Crippen LogP) is 3.44. The molecule has 3 nitrogen and oxygen atoms in total. The Hall–Kier alpha value is -2.14. The molecule has 0 radical (unpaired) electrons. The first kappa shape index (κ1) is 16.2. The third-order valence-corrected chi connectivity index (χ3v) is 3.18. The van der Waals surface area contributed by atoms with Gasteiger partial charge in [-0.3, -0.25) is 0 Å². The average Bonchev–Trinajstić information content (AvgIpc) is 2.46. The highest BCUT2D eigenvalue weighted by Gasteiger charge is 2.09. The van der Waals surface area contributed by atoms with Crippen molar-refractivity contribution in [3.63, 3.8) is 0 Å². The summed E-state index contributed by atoms with van der Waals surface area (Å²) in [4.78, 5) is 0. The first-order valence-corrected chi connectivity index (χ1v) is 6.99. The van der Waals surface area contributed by atoms with E-state index in [-0.39, 0.29) is 18.4 Å². The van der Waals surface area contributed by atoms with E-state index in [1.165, 1.54) is 6.07 Å². The molecule has 0 heterocycles. The fourth-order valence-corrected chi connectivity index (χ4v) is 2.19. The molecule has 5 heteroatoms.